The highest BCUT2D eigenvalue weighted by molar-refractivity contribution is 7.98. The van der Waals surface area contributed by atoms with Crippen molar-refractivity contribution < 1.29 is 4.79 Å². The third-order valence-electron chi connectivity index (χ3n) is 3.95. The molecule has 0 bridgehead atoms. The fourth-order valence-corrected chi connectivity index (χ4v) is 3.34. The molecule has 0 aromatic carbocycles. The van der Waals surface area contributed by atoms with Gasteiger partial charge >= 0.3 is 0 Å². The lowest BCUT2D eigenvalue weighted by Crippen LogP contribution is -2.26. The quantitative estimate of drug-likeness (QED) is 0.827. The Morgan fingerprint density at radius 2 is 2.45 bits per heavy atom. The summed E-state index contributed by atoms with van der Waals surface area (Å²) >= 11 is 1.75. The Labute approximate surface area is 124 Å². The average Bonchev–Trinajstić information content (AvgIpc) is 2.70. The molecule has 5 heteroatoms. The van der Waals surface area contributed by atoms with Gasteiger partial charge in [0.2, 0.25) is 0 Å². The minimum Gasteiger partial charge on any atom is -0.351 e. The van der Waals surface area contributed by atoms with Crippen molar-refractivity contribution in [1.29, 1.82) is 0 Å². The zero-order valence-corrected chi connectivity index (χ0v) is 12.7. The molecule has 4 nitrogen and oxygen atoms in total. The summed E-state index contributed by atoms with van der Waals surface area (Å²) in [5.74, 6) is 1.05. The van der Waals surface area contributed by atoms with E-state index in [4.69, 9.17) is 0 Å². The highest BCUT2D eigenvalue weighted by atomic mass is 32.2. The van der Waals surface area contributed by atoms with Gasteiger partial charge in [-0.3, -0.25) is 4.79 Å². The normalized spacial score (nSPS) is 17.1. The van der Waals surface area contributed by atoms with Crippen LogP contribution in [0.5, 0.6) is 0 Å². The van der Waals surface area contributed by atoms with Gasteiger partial charge in [0.05, 0.1) is 5.56 Å². The van der Waals surface area contributed by atoms with E-state index in [1.807, 2.05) is 6.20 Å². The van der Waals surface area contributed by atoms with Crippen LogP contribution in [0.3, 0.4) is 0 Å². The van der Waals surface area contributed by atoms with Crippen LogP contribution in [0.15, 0.2) is 12.3 Å². The number of allylic oxidation sites excluding steroid dienone is 1. The average molecular weight is 291 g/mol. The van der Waals surface area contributed by atoms with Gasteiger partial charge in [-0.25, -0.2) is 0 Å². The number of carbonyl (C=O) groups excluding carboxylic acids is 1. The summed E-state index contributed by atoms with van der Waals surface area (Å²) in [5, 5.41) is 6.47. The smallest absolute Gasteiger partial charge is 0.253 e. The molecule has 3 rings (SSSR count). The minimum absolute atomic E-state index is 0.0869. The molecule has 1 aromatic heterocycles. The van der Waals surface area contributed by atoms with Crippen molar-refractivity contribution in [2.45, 2.75) is 19.4 Å². The zero-order chi connectivity index (χ0) is 13.9. The Balaban J connectivity index is 1.89. The predicted molar refractivity (Wildman–Crippen MR) is 84.3 cm³/mol. The first kappa shape index (κ1) is 13.8. The third-order valence-corrected chi connectivity index (χ3v) is 4.57. The molecule has 0 fully saturated rings. The van der Waals surface area contributed by atoms with E-state index in [-0.39, 0.29) is 5.91 Å². The monoisotopic (exact) mass is 291 g/mol. The summed E-state index contributed by atoms with van der Waals surface area (Å²) in [5.41, 5.74) is 4.77. The van der Waals surface area contributed by atoms with Crippen LogP contribution in [-0.4, -0.2) is 42.1 Å². The molecular formula is C15H21N3OS. The number of carbonyl (C=O) groups is 1. The molecule has 1 aliphatic heterocycles. The maximum atomic E-state index is 12.4. The number of nitrogens with zero attached hydrogens (tertiary/aromatic N) is 1. The van der Waals surface area contributed by atoms with E-state index in [1.54, 1.807) is 11.8 Å². The lowest BCUT2D eigenvalue weighted by atomic mass is 9.94. The van der Waals surface area contributed by atoms with Gasteiger partial charge in [0.1, 0.15) is 0 Å². The maximum absolute atomic E-state index is 12.4. The number of rotatable bonds is 4. The van der Waals surface area contributed by atoms with Crippen molar-refractivity contribution in [3.05, 3.63) is 29.1 Å². The summed E-state index contributed by atoms with van der Waals surface area (Å²) in [6, 6.07) is 0. The molecule has 2 aliphatic rings. The molecular weight excluding hydrogens is 270 g/mol. The second kappa shape index (κ2) is 6.06. The second-order valence-electron chi connectivity index (χ2n) is 5.26. The van der Waals surface area contributed by atoms with Gasteiger partial charge in [0.15, 0.2) is 0 Å². The Morgan fingerprint density at radius 3 is 3.30 bits per heavy atom. The lowest BCUT2D eigenvalue weighted by molar-refractivity contribution is 0.0955. The largest absolute Gasteiger partial charge is 0.351 e. The van der Waals surface area contributed by atoms with Gasteiger partial charge in [-0.15, -0.1) is 0 Å². The number of amides is 1. The first-order chi connectivity index (χ1) is 9.81. The maximum Gasteiger partial charge on any atom is 0.253 e. The van der Waals surface area contributed by atoms with Crippen LogP contribution in [0.25, 0.3) is 5.57 Å². The van der Waals surface area contributed by atoms with Crippen LogP contribution in [0.2, 0.25) is 0 Å². The van der Waals surface area contributed by atoms with Crippen molar-refractivity contribution >= 4 is 23.2 Å². The summed E-state index contributed by atoms with van der Waals surface area (Å²) in [6.45, 7) is 3.57. The predicted octanol–water partition coefficient (Wildman–Crippen LogP) is 1.51. The van der Waals surface area contributed by atoms with Crippen LogP contribution in [0.4, 0.5) is 0 Å². The molecule has 0 spiro atoms. The van der Waals surface area contributed by atoms with Gasteiger partial charge in [0, 0.05) is 43.8 Å². The van der Waals surface area contributed by atoms with E-state index >= 15 is 0 Å². The number of hydrogen-bond acceptors (Lipinski definition) is 3. The molecule has 0 saturated heterocycles. The Morgan fingerprint density at radius 1 is 1.55 bits per heavy atom. The minimum atomic E-state index is 0.0869. The molecule has 2 heterocycles. The molecule has 0 saturated carbocycles. The van der Waals surface area contributed by atoms with Crippen LogP contribution in [0.1, 0.15) is 28.0 Å². The Hall–Kier alpha value is -1.20. The molecule has 108 valence electrons. The van der Waals surface area contributed by atoms with E-state index in [1.165, 1.54) is 16.8 Å². The third kappa shape index (κ3) is 2.52. The fourth-order valence-electron chi connectivity index (χ4n) is 3.03. The molecule has 0 atom stereocenters. The van der Waals surface area contributed by atoms with Crippen molar-refractivity contribution in [2.24, 2.45) is 0 Å². The van der Waals surface area contributed by atoms with E-state index in [0.29, 0.717) is 0 Å². The number of aromatic nitrogens is 1. The number of hydrogen-bond donors (Lipinski definition) is 2. The van der Waals surface area contributed by atoms with Gasteiger partial charge < -0.3 is 15.2 Å². The van der Waals surface area contributed by atoms with Gasteiger partial charge in [-0.05, 0) is 30.2 Å². The standard InChI is InChI=1S/C15H21N3OS/c1-20-8-6-17-15(19)13-10-18-7-5-16-9-11-3-2-4-12(13)14(11)18/h3,10,16H,2,4-9H2,1H3,(H,17,19). The first-order valence-electron chi connectivity index (χ1n) is 7.20. The van der Waals surface area contributed by atoms with Crippen LogP contribution >= 0.6 is 11.8 Å². The van der Waals surface area contributed by atoms with Crippen LogP contribution in [0, 0.1) is 0 Å². The molecule has 1 aliphatic carbocycles. The van der Waals surface area contributed by atoms with Crippen molar-refractivity contribution in [3.63, 3.8) is 0 Å². The highest BCUT2D eigenvalue weighted by Crippen LogP contribution is 2.31. The van der Waals surface area contributed by atoms with E-state index in [0.717, 1.165) is 50.3 Å². The highest BCUT2D eigenvalue weighted by Gasteiger charge is 2.25. The lowest BCUT2D eigenvalue weighted by Gasteiger charge is -2.15. The topological polar surface area (TPSA) is 46.1 Å². The molecule has 0 radical (unpaired) electrons. The number of nitrogens with one attached hydrogen (secondary N) is 2. The molecule has 1 amide bonds. The van der Waals surface area contributed by atoms with Gasteiger partial charge in [0.25, 0.3) is 5.91 Å². The Kier molecular flexibility index (Phi) is 4.17. The summed E-state index contributed by atoms with van der Waals surface area (Å²) in [6.07, 6.45) is 8.44. The van der Waals surface area contributed by atoms with Gasteiger partial charge in [-0.1, -0.05) is 6.08 Å². The van der Waals surface area contributed by atoms with Crippen LogP contribution in [-0.2, 0) is 13.0 Å². The first-order valence-corrected chi connectivity index (χ1v) is 8.60. The summed E-state index contributed by atoms with van der Waals surface area (Å²) in [7, 11) is 0. The summed E-state index contributed by atoms with van der Waals surface area (Å²) < 4.78 is 2.25. The van der Waals surface area contributed by atoms with E-state index < -0.39 is 0 Å². The van der Waals surface area contributed by atoms with Crippen molar-refractivity contribution in [3.8, 4) is 0 Å². The zero-order valence-electron chi connectivity index (χ0n) is 11.9. The van der Waals surface area contributed by atoms with E-state index in [2.05, 4.69) is 27.5 Å². The number of thioether (sulfide) groups is 1. The second-order valence-corrected chi connectivity index (χ2v) is 6.24. The molecule has 20 heavy (non-hydrogen) atoms. The van der Waals surface area contributed by atoms with Crippen molar-refractivity contribution in [2.75, 3.05) is 31.6 Å². The van der Waals surface area contributed by atoms with Crippen LogP contribution < -0.4 is 10.6 Å². The molecule has 0 unspecified atom stereocenters. The van der Waals surface area contributed by atoms with E-state index in [9.17, 15) is 4.79 Å². The van der Waals surface area contributed by atoms with Crippen molar-refractivity contribution in [1.82, 2.24) is 15.2 Å². The Bertz CT molecular complexity index is 548. The molecule has 2 N–H and O–H groups in total. The molecule has 1 aromatic rings. The fraction of sp³-hybridized carbons (Fsp3) is 0.533. The van der Waals surface area contributed by atoms with Gasteiger partial charge in [-0.2, -0.15) is 11.8 Å². The SMILES string of the molecule is CSCCNC(=O)c1cn2c3c1CCC=C3CNCC2. The summed E-state index contributed by atoms with van der Waals surface area (Å²) in [4.78, 5) is 12.4.